The van der Waals surface area contributed by atoms with Gasteiger partial charge in [-0.25, -0.2) is 0 Å². The summed E-state index contributed by atoms with van der Waals surface area (Å²) in [7, 11) is -1.65. The summed E-state index contributed by atoms with van der Waals surface area (Å²) < 4.78 is 2.35. The minimum Gasteiger partial charge on any atom is -0.342 e. The van der Waals surface area contributed by atoms with Crippen molar-refractivity contribution in [2.24, 2.45) is 0 Å². The standard InChI is InChI=1S/C16H17Br2NSi/c1-4-19-13-7-5-11(17)9-15(13)20(2,3)16-10-12(18)6-8-14(16)19/h5-10H,4H2,1-3H3. The molecule has 0 radical (unpaired) electrons. The van der Waals surface area contributed by atoms with E-state index in [4.69, 9.17) is 0 Å². The molecule has 4 heteroatoms. The highest BCUT2D eigenvalue weighted by molar-refractivity contribution is 9.10. The Labute approximate surface area is 138 Å². The topological polar surface area (TPSA) is 3.24 Å². The Kier molecular flexibility index (Phi) is 3.59. The molecule has 0 amide bonds. The molecule has 0 saturated heterocycles. The predicted molar refractivity (Wildman–Crippen MR) is 97.7 cm³/mol. The van der Waals surface area contributed by atoms with Crippen LogP contribution in [0.15, 0.2) is 45.3 Å². The van der Waals surface area contributed by atoms with Crippen molar-refractivity contribution in [3.05, 3.63) is 45.3 Å². The zero-order valence-electron chi connectivity index (χ0n) is 11.9. The van der Waals surface area contributed by atoms with E-state index in [1.165, 1.54) is 30.7 Å². The van der Waals surface area contributed by atoms with Crippen LogP contribution < -0.4 is 15.3 Å². The maximum atomic E-state index is 3.63. The molecule has 0 N–H and O–H groups in total. The van der Waals surface area contributed by atoms with Gasteiger partial charge < -0.3 is 4.90 Å². The van der Waals surface area contributed by atoms with Gasteiger partial charge in [-0.15, -0.1) is 0 Å². The fourth-order valence-corrected chi connectivity index (χ4v) is 7.29. The van der Waals surface area contributed by atoms with E-state index in [0.717, 1.165) is 6.54 Å². The van der Waals surface area contributed by atoms with Crippen LogP contribution in [-0.2, 0) is 0 Å². The van der Waals surface area contributed by atoms with Crippen LogP contribution in [-0.4, -0.2) is 14.6 Å². The molecule has 1 aliphatic rings. The number of halogens is 2. The maximum Gasteiger partial charge on any atom is 0.117 e. The van der Waals surface area contributed by atoms with Crippen LogP contribution >= 0.6 is 31.9 Å². The number of hydrogen-bond acceptors (Lipinski definition) is 1. The number of fused-ring (bicyclic) bond motifs is 2. The first-order valence-electron chi connectivity index (χ1n) is 6.82. The van der Waals surface area contributed by atoms with E-state index in [0.29, 0.717) is 0 Å². The number of hydrogen-bond donors (Lipinski definition) is 0. The molecule has 20 heavy (non-hydrogen) atoms. The van der Waals surface area contributed by atoms with E-state index in [9.17, 15) is 0 Å². The van der Waals surface area contributed by atoms with Crippen molar-refractivity contribution in [2.75, 3.05) is 11.4 Å². The summed E-state index contributed by atoms with van der Waals surface area (Å²) in [5.41, 5.74) is 2.75. The summed E-state index contributed by atoms with van der Waals surface area (Å²) in [4.78, 5) is 2.43. The first-order chi connectivity index (χ1) is 9.45. The van der Waals surface area contributed by atoms with E-state index in [1.54, 1.807) is 0 Å². The van der Waals surface area contributed by atoms with Crippen LogP contribution in [0.25, 0.3) is 0 Å². The Balaban J connectivity index is 2.33. The summed E-state index contributed by atoms with van der Waals surface area (Å²) >= 11 is 7.27. The molecule has 0 bridgehead atoms. The molecule has 0 aliphatic carbocycles. The van der Waals surface area contributed by atoms with Crippen molar-refractivity contribution in [1.82, 2.24) is 0 Å². The number of nitrogens with zero attached hydrogens (tertiary/aromatic N) is 1. The van der Waals surface area contributed by atoms with Gasteiger partial charge >= 0.3 is 0 Å². The van der Waals surface area contributed by atoms with Gasteiger partial charge in [0.1, 0.15) is 8.07 Å². The van der Waals surface area contributed by atoms with Crippen molar-refractivity contribution < 1.29 is 0 Å². The SMILES string of the molecule is CCN1c2ccc(Br)cc2[Si](C)(C)c2cc(Br)ccc21. The lowest BCUT2D eigenvalue weighted by Crippen LogP contribution is -2.59. The third-order valence-corrected chi connectivity index (χ3v) is 8.64. The highest BCUT2D eigenvalue weighted by Gasteiger charge is 2.37. The fourth-order valence-electron chi connectivity index (χ4n) is 3.10. The maximum absolute atomic E-state index is 3.63. The number of benzene rings is 2. The minimum atomic E-state index is -1.65. The van der Waals surface area contributed by atoms with Crippen molar-refractivity contribution in [2.45, 2.75) is 20.0 Å². The van der Waals surface area contributed by atoms with Crippen LogP contribution in [0.3, 0.4) is 0 Å². The van der Waals surface area contributed by atoms with Crippen LogP contribution in [0.5, 0.6) is 0 Å². The van der Waals surface area contributed by atoms with Crippen molar-refractivity contribution in [1.29, 1.82) is 0 Å². The second-order valence-electron chi connectivity index (χ2n) is 5.69. The van der Waals surface area contributed by atoms with Crippen LogP contribution in [0.1, 0.15) is 6.92 Å². The summed E-state index contributed by atoms with van der Waals surface area (Å²) in [6.45, 7) is 8.10. The number of anilines is 2. The Bertz CT molecular complexity index is 627. The normalized spacial score (nSPS) is 15.8. The van der Waals surface area contributed by atoms with Gasteiger partial charge in [-0.05, 0) is 53.7 Å². The zero-order valence-corrected chi connectivity index (χ0v) is 16.0. The van der Waals surface area contributed by atoms with E-state index in [-0.39, 0.29) is 0 Å². The summed E-state index contributed by atoms with van der Waals surface area (Å²) in [6.07, 6.45) is 0. The molecular formula is C16H17Br2NSi. The Morgan fingerprint density at radius 3 is 1.75 bits per heavy atom. The quantitative estimate of drug-likeness (QED) is 0.625. The van der Waals surface area contributed by atoms with Crippen molar-refractivity contribution >= 4 is 61.7 Å². The molecule has 0 aromatic heterocycles. The molecule has 2 aromatic carbocycles. The van der Waals surface area contributed by atoms with Gasteiger partial charge in [-0.1, -0.05) is 45.0 Å². The third-order valence-electron chi connectivity index (χ3n) is 4.16. The summed E-state index contributed by atoms with van der Waals surface area (Å²) in [6, 6.07) is 13.4. The molecule has 1 heterocycles. The highest BCUT2D eigenvalue weighted by atomic mass is 79.9. The molecule has 0 atom stereocenters. The van der Waals surface area contributed by atoms with Crippen molar-refractivity contribution in [3.63, 3.8) is 0 Å². The molecule has 1 nitrogen and oxygen atoms in total. The molecule has 2 aromatic rings. The fraction of sp³-hybridized carbons (Fsp3) is 0.250. The number of rotatable bonds is 1. The smallest absolute Gasteiger partial charge is 0.117 e. The van der Waals surface area contributed by atoms with E-state index in [2.05, 4.69) is 93.2 Å². The van der Waals surface area contributed by atoms with Crippen LogP contribution in [0, 0.1) is 0 Å². The van der Waals surface area contributed by atoms with Crippen molar-refractivity contribution in [3.8, 4) is 0 Å². The molecule has 0 spiro atoms. The molecule has 104 valence electrons. The predicted octanol–water partition coefficient (Wildman–Crippen LogP) is 4.51. The van der Waals surface area contributed by atoms with E-state index >= 15 is 0 Å². The summed E-state index contributed by atoms with van der Waals surface area (Å²) in [5, 5.41) is 3.03. The molecular weight excluding hydrogens is 394 g/mol. The summed E-state index contributed by atoms with van der Waals surface area (Å²) in [5.74, 6) is 0. The van der Waals surface area contributed by atoms with Gasteiger partial charge in [0.25, 0.3) is 0 Å². The average Bonchev–Trinajstić information content (AvgIpc) is 2.41. The van der Waals surface area contributed by atoms with E-state index in [1.807, 2.05) is 0 Å². The molecule has 0 fully saturated rings. The third kappa shape index (κ3) is 2.09. The molecule has 0 saturated carbocycles. The molecule has 1 aliphatic heterocycles. The van der Waals surface area contributed by atoms with Gasteiger partial charge in [0.2, 0.25) is 0 Å². The first kappa shape index (κ1) is 14.4. The second kappa shape index (κ2) is 5.00. The highest BCUT2D eigenvalue weighted by Crippen LogP contribution is 2.33. The van der Waals surface area contributed by atoms with E-state index < -0.39 is 8.07 Å². The monoisotopic (exact) mass is 409 g/mol. The lowest BCUT2D eigenvalue weighted by Gasteiger charge is -2.40. The van der Waals surface area contributed by atoms with Gasteiger partial charge in [-0.3, -0.25) is 0 Å². The van der Waals surface area contributed by atoms with Gasteiger partial charge in [0.05, 0.1) is 0 Å². The Hall–Kier alpha value is -0.583. The molecule has 3 rings (SSSR count). The van der Waals surface area contributed by atoms with Gasteiger partial charge in [-0.2, -0.15) is 0 Å². The molecule has 0 unspecified atom stereocenters. The Morgan fingerprint density at radius 2 is 1.35 bits per heavy atom. The van der Waals surface area contributed by atoms with Gasteiger partial charge in [0.15, 0.2) is 0 Å². The largest absolute Gasteiger partial charge is 0.342 e. The lowest BCUT2D eigenvalue weighted by atomic mass is 10.2. The minimum absolute atomic E-state index is 0.994. The zero-order chi connectivity index (χ0) is 14.5. The second-order valence-corrected chi connectivity index (χ2v) is 11.9. The first-order valence-corrected chi connectivity index (χ1v) is 11.4. The van der Waals surface area contributed by atoms with Crippen LogP contribution in [0.2, 0.25) is 13.1 Å². The van der Waals surface area contributed by atoms with Crippen LogP contribution in [0.4, 0.5) is 11.4 Å². The lowest BCUT2D eigenvalue weighted by molar-refractivity contribution is 1.03. The Morgan fingerprint density at radius 1 is 0.900 bits per heavy atom. The average molecular weight is 411 g/mol. The van der Waals surface area contributed by atoms with Gasteiger partial charge in [0, 0.05) is 26.9 Å².